The Hall–Kier alpha value is -2.35. The molecule has 0 aliphatic carbocycles. The number of anilines is 1. The number of nitrogens with one attached hydrogen (secondary N) is 2. The molecule has 143 valence electrons. The fraction of sp³-hybridized carbons (Fsp3) is 0.0556. The molecule has 2 aromatic carbocycles. The second kappa shape index (κ2) is 9.43. The normalized spacial score (nSPS) is 10.5. The van der Waals surface area contributed by atoms with Gasteiger partial charge in [-0.3, -0.25) is 5.32 Å². The third-order valence-corrected chi connectivity index (χ3v) is 5.35. The van der Waals surface area contributed by atoms with E-state index in [0.29, 0.717) is 16.4 Å². The summed E-state index contributed by atoms with van der Waals surface area (Å²) < 4.78 is 28.0. The molecule has 1 radical (unpaired) electrons. The van der Waals surface area contributed by atoms with Crippen molar-refractivity contribution < 1.29 is 13.2 Å². The Morgan fingerprint density at radius 2 is 1.76 bits per heavy atom. The van der Waals surface area contributed by atoms with Gasteiger partial charge in [-0.15, -0.1) is 0 Å². The molecule has 0 aliphatic heterocycles. The zero-order valence-electron chi connectivity index (χ0n) is 15.5. The van der Waals surface area contributed by atoms with Gasteiger partial charge in [0, 0.05) is 34.6 Å². The van der Waals surface area contributed by atoms with Gasteiger partial charge in [0.05, 0.1) is 16.3 Å². The number of aryl methyl sites for hydroxylation is 1. The standard InChI is InChI=1S/C18H14ClN5O3S.Na/c1-12-16(11-20)17(24(22-12)14-5-3-2-4-6-14)21-18(25)23-28(26,27)15-9-7-13(19)8-10-15;/h2-10H,1H3,(H2,21,23,25);. The SMILES string of the molecule is Cc1nn(-c2ccccc2)c(NC(=O)NS(=O)(=O)c2ccc(Cl)cc2)c1C#N.[Na]. The van der Waals surface area contributed by atoms with Crippen LogP contribution in [0.4, 0.5) is 10.6 Å². The molecule has 0 saturated carbocycles. The zero-order chi connectivity index (χ0) is 20.3. The van der Waals surface area contributed by atoms with Gasteiger partial charge in [0.1, 0.15) is 11.6 Å². The molecule has 0 fully saturated rings. The number of hydrogen-bond acceptors (Lipinski definition) is 5. The van der Waals surface area contributed by atoms with Gasteiger partial charge < -0.3 is 0 Å². The van der Waals surface area contributed by atoms with E-state index in [4.69, 9.17) is 11.6 Å². The van der Waals surface area contributed by atoms with E-state index in [-0.39, 0.29) is 45.8 Å². The van der Waals surface area contributed by atoms with E-state index in [1.807, 2.05) is 16.9 Å². The summed E-state index contributed by atoms with van der Waals surface area (Å²) >= 11 is 5.75. The van der Waals surface area contributed by atoms with E-state index in [1.165, 1.54) is 28.9 Å². The molecule has 0 spiro atoms. The number of benzene rings is 2. The van der Waals surface area contributed by atoms with Crippen LogP contribution in [0.5, 0.6) is 0 Å². The number of halogens is 1. The molecule has 3 aromatic rings. The van der Waals surface area contributed by atoms with Crippen LogP contribution in [0.3, 0.4) is 0 Å². The molecule has 29 heavy (non-hydrogen) atoms. The van der Waals surface area contributed by atoms with E-state index < -0.39 is 16.1 Å². The van der Waals surface area contributed by atoms with Gasteiger partial charge in [-0.05, 0) is 43.3 Å². The molecule has 0 atom stereocenters. The molecule has 1 heterocycles. The number of amides is 2. The molecule has 0 aliphatic rings. The first-order chi connectivity index (χ1) is 13.3. The zero-order valence-corrected chi connectivity index (χ0v) is 19.1. The number of nitrogens with zero attached hydrogens (tertiary/aromatic N) is 3. The van der Waals surface area contributed by atoms with Crippen LogP contribution in [-0.2, 0) is 10.0 Å². The van der Waals surface area contributed by atoms with Crippen molar-refractivity contribution in [2.45, 2.75) is 11.8 Å². The Morgan fingerprint density at radius 3 is 2.34 bits per heavy atom. The van der Waals surface area contributed by atoms with Crippen LogP contribution >= 0.6 is 11.6 Å². The molecular weight excluding hydrogens is 425 g/mol. The predicted molar refractivity (Wildman–Crippen MR) is 110 cm³/mol. The molecule has 0 saturated heterocycles. The fourth-order valence-corrected chi connectivity index (χ4v) is 3.49. The van der Waals surface area contributed by atoms with Gasteiger partial charge in [-0.1, -0.05) is 29.8 Å². The molecule has 2 amide bonds. The first-order valence-corrected chi connectivity index (χ1v) is 9.82. The van der Waals surface area contributed by atoms with Gasteiger partial charge in [-0.2, -0.15) is 10.4 Å². The summed E-state index contributed by atoms with van der Waals surface area (Å²) in [5.74, 6) is 0.0648. The third-order valence-electron chi connectivity index (χ3n) is 3.76. The monoisotopic (exact) mass is 438 g/mol. The minimum atomic E-state index is -4.12. The third kappa shape index (κ3) is 5.18. The molecular formula is C18H14ClN5NaO3S. The average Bonchev–Trinajstić information content (AvgIpc) is 2.97. The Balaban J connectivity index is 0.00000300. The first kappa shape index (κ1) is 22.9. The van der Waals surface area contributed by atoms with E-state index >= 15 is 0 Å². The maximum Gasteiger partial charge on any atom is 0.334 e. The topological polar surface area (TPSA) is 117 Å². The average molecular weight is 439 g/mol. The quantitative estimate of drug-likeness (QED) is 0.607. The van der Waals surface area contributed by atoms with Crippen LogP contribution in [0.25, 0.3) is 5.69 Å². The van der Waals surface area contributed by atoms with Crippen molar-refractivity contribution in [3.8, 4) is 11.8 Å². The van der Waals surface area contributed by atoms with Gasteiger partial charge in [0.15, 0.2) is 5.82 Å². The summed E-state index contributed by atoms with van der Waals surface area (Å²) in [6.45, 7) is 1.62. The number of para-hydroxylation sites is 1. The number of carbonyl (C=O) groups is 1. The van der Waals surface area contributed by atoms with Crippen molar-refractivity contribution in [3.63, 3.8) is 0 Å². The van der Waals surface area contributed by atoms with Crippen LogP contribution in [0, 0.1) is 18.3 Å². The van der Waals surface area contributed by atoms with Crippen LogP contribution < -0.4 is 10.0 Å². The number of aromatic nitrogens is 2. The van der Waals surface area contributed by atoms with E-state index in [2.05, 4.69) is 10.4 Å². The molecule has 0 unspecified atom stereocenters. The summed E-state index contributed by atoms with van der Waals surface area (Å²) in [5, 5.41) is 16.4. The second-order valence-corrected chi connectivity index (χ2v) is 7.80. The Morgan fingerprint density at radius 1 is 1.14 bits per heavy atom. The van der Waals surface area contributed by atoms with Gasteiger partial charge in [0.2, 0.25) is 0 Å². The number of hydrogen-bond donors (Lipinski definition) is 2. The van der Waals surface area contributed by atoms with Gasteiger partial charge in [-0.25, -0.2) is 22.6 Å². The molecule has 11 heteroatoms. The minimum Gasteiger partial charge on any atom is -0.290 e. The van der Waals surface area contributed by atoms with Crippen molar-refractivity contribution in [2.24, 2.45) is 0 Å². The Kier molecular flexibility index (Phi) is 7.46. The summed E-state index contributed by atoms with van der Waals surface area (Å²) in [6, 6.07) is 15.1. The molecule has 8 nitrogen and oxygen atoms in total. The van der Waals surface area contributed by atoms with Crippen LogP contribution in [0.15, 0.2) is 59.5 Å². The summed E-state index contributed by atoms with van der Waals surface area (Å²) in [5.41, 5.74) is 1.12. The van der Waals surface area contributed by atoms with Crippen LogP contribution in [-0.4, -0.2) is 53.8 Å². The maximum atomic E-state index is 12.4. The molecule has 0 bridgehead atoms. The molecule has 1 aromatic heterocycles. The number of rotatable bonds is 4. The summed E-state index contributed by atoms with van der Waals surface area (Å²) in [4.78, 5) is 12.2. The van der Waals surface area contributed by atoms with Crippen molar-refractivity contribution in [1.29, 1.82) is 5.26 Å². The van der Waals surface area contributed by atoms with Crippen LogP contribution in [0.1, 0.15) is 11.3 Å². The van der Waals surface area contributed by atoms with Crippen LogP contribution in [0.2, 0.25) is 5.02 Å². The Bertz CT molecular complexity index is 1170. The predicted octanol–water partition coefficient (Wildman–Crippen LogP) is 2.84. The summed E-state index contributed by atoms with van der Waals surface area (Å²) in [7, 11) is -4.12. The smallest absolute Gasteiger partial charge is 0.290 e. The fourth-order valence-electron chi connectivity index (χ4n) is 2.46. The van der Waals surface area contributed by atoms with Crippen molar-refractivity contribution in [1.82, 2.24) is 14.5 Å². The van der Waals surface area contributed by atoms with E-state index in [9.17, 15) is 18.5 Å². The molecule has 3 rings (SSSR count). The maximum absolute atomic E-state index is 12.4. The van der Waals surface area contributed by atoms with E-state index in [0.717, 1.165) is 0 Å². The Labute approximate surface area is 194 Å². The number of sulfonamides is 1. The molecule has 2 N–H and O–H groups in total. The van der Waals surface area contributed by atoms with Crippen molar-refractivity contribution >= 4 is 63.0 Å². The van der Waals surface area contributed by atoms with Gasteiger partial charge in [0.25, 0.3) is 10.0 Å². The first-order valence-electron chi connectivity index (χ1n) is 7.96. The largest absolute Gasteiger partial charge is 0.334 e. The second-order valence-electron chi connectivity index (χ2n) is 5.68. The number of nitriles is 1. The van der Waals surface area contributed by atoms with Crippen molar-refractivity contribution in [2.75, 3.05) is 5.32 Å². The summed E-state index contributed by atoms with van der Waals surface area (Å²) in [6.07, 6.45) is 0. The number of urea groups is 1. The van der Waals surface area contributed by atoms with E-state index in [1.54, 1.807) is 31.2 Å². The van der Waals surface area contributed by atoms with Gasteiger partial charge >= 0.3 is 6.03 Å². The minimum absolute atomic E-state index is 0. The van der Waals surface area contributed by atoms with Crippen molar-refractivity contribution in [3.05, 3.63) is 70.9 Å². The number of carbonyl (C=O) groups excluding carboxylic acids is 1.